The van der Waals surface area contributed by atoms with Crippen molar-refractivity contribution < 1.29 is 14.3 Å². The molecule has 24 heavy (non-hydrogen) atoms. The lowest BCUT2D eigenvalue weighted by atomic mass is 10.1. The average Bonchev–Trinajstić information content (AvgIpc) is 3.00. The van der Waals surface area contributed by atoms with Gasteiger partial charge < -0.3 is 10.1 Å². The third-order valence-corrected chi connectivity index (χ3v) is 4.16. The molecule has 0 radical (unpaired) electrons. The van der Waals surface area contributed by atoms with Gasteiger partial charge in [0.05, 0.1) is 12.2 Å². The van der Waals surface area contributed by atoms with Gasteiger partial charge in [-0.05, 0) is 30.7 Å². The Morgan fingerprint density at radius 3 is 2.62 bits per heavy atom. The van der Waals surface area contributed by atoms with E-state index >= 15 is 0 Å². The molecule has 5 nitrogen and oxygen atoms in total. The number of nitrogens with zero attached hydrogens (tertiary/aromatic N) is 1. The van der Waals surface area contributed by atoms with Crippen LogP contribution in [0.3, 0.4) is 0 Å². The third-order valence-electron chi connectivity index (χ3n) is 4.16. The van der Waals surface area contributed by atoms with Crippen molar-refractivity contribution in [2.45, 2.75) is 19.4 Å². The molecule has 5 heteroatoms. The first kappa shape index (κ1) is 16.1. The highest BCUT2D eigenvalue weighted by molar-refractivity contribution is 6.12. The molecular formula is C19H20N2O3. The monoisotopic (exact) mass is 324 g/mol. The summed E-state index contributed by atoms with van der Waals surface area (Å²) in [7, 11) is 1.59. The second-order valence-corrected chi connectivity index (χ2v) is 5.57. The van der Waals surface area contributed by atoms with Crippen LogP contribution in [0.2, 0.25) is 0 Å². The number of para-hydroxylation sites is 2. The number of fused-ring (bicyclic) bond motifs is 1. The molecule has 0 unspecified atom stereocenters. The predicted octanol–water partition coefficient (Wildman–Crippen LogP) is 2.40. The number of hydrogen-bond acceptors (Lipinski definition) is 3. The molecule has 0 saturated heterocycles. The van der Waals surface area contributed by atoms with E-state index in [1.807, 2.05) is 37.3 Å². The standard InChI is InChI=1S/C19H20N2O3/c1-3-24-17-11-7-5-9-14(17)19(23)21-15-10-6-4-8-13(15)12-16(21)18(22)20-2/h4-11,16H,3,12H2,1-2H3,(H,20,22)/t16-/m0/s1. The van der Waals surface area contributed by atoms with Gasteiger partial charge in [0, 0.05) is 19.2 Å². The summed E-state index contributed by atoms with van der Waals surface area (Å²) in [5.74, 6) is 0.135. The largest absolute Gasteiger partial charge is 0.493 e. The summed E-state index contributed by atoms with van der Waals surface area (Å²) in [6.07, 6.45) is 0.512. The van der Waals surface area contributed by atoms with Crippen LogP contribution in [0.15, 0.2) is 48.5 Å². The first-order valence-corrected chi connectivity index (χ1v) is 8.02. The Balaban J connectivity index is 2.04. The lowest BCUT2D eigenvalue weighted by Crippen LogP contribution is -2.47. The molecule has 0 saturated carbocycles. The Morgan fingerprint density at radius 1 is 1.17 bits per heavy atom. The fourth-order valence-corrected chi connectivity index (χ4v) is 3.07. The number of amides is 2. The molecule has 2 aromatic carbocycles. The predicted molar refractivity (Wildman–Crippen MR) is 92.4 cm³/mol. The molecule has 3 rings (SSSR count). The molecular weight excluding hydrogens is 304 g/mol. The molecule has 1 aliphatic heterocycles. The summed E-state index contributed by atoms with van der Waals surface area (Å²) in [6, 6.07) is 14.2. The fraction of sp³-hybridized carbons (Fsp3) is 0.263. The smallest absolute Gasteiger partial charge is 0.262 e. The second kappa shape index (κ2) is 6.74. The minimum absolute atomic E-state index is 0.173. The summed E-state index contributed by atoms with van der Waals surface area (Å²) in [4.78, 5) is 27.1. The Labute approximate surface area is 141 Å². The van der Waals surface area contributed by atoms with Crippen molar-refractivity contribution in [3.05, 3.63) is 59.7 Å². The first-order chi connectivity index (χ1) is 11.7. The molecule has 2 amide bonds. The van der Waals surface area contributed by atoms with Crippen LogP contribution in [-0.2, 0) is 11.2 Å². The molecule has 2 aromatic rings. The molecule has 0 aliphatic carbocycles. The number of nitrogens with one attached hydrogen (secondary N) is 1. The Hall–Kier alpha value is -2.82. The molecule has 0 bridgehead atoms. The molecule has 0 aromatic heterocycles. The number of ether oxygens (including phenoxy) is 1. The molecule has 0 spiro atoms. The van der Waals surface area contributed by atoms with Crippen molar-refractivity contribution in [3.63, 3.8) is 0 Å². The topological polar surface area (TPSA) is 58.6 Å². The van der Waals surface area contributed by atoms with Gasteiger partial charge in [-0.2, -0.15) is 0 Å². The zero-order valence-corrected chi connectivity index (χ0v) is 13.8. The van der Waals surface area contributed by atoms with Gasteiger partial charge in [0.15, 0.2) is 0 Å². The molecule has 124 valence electrons. The van der Waals surface area contributed by atoms with Crippen LogP contribution < -0.4 is 15.0 Å². The van der Waals surface area contributed by atoms with Gasteiger partial charge in [-0.25, -0.2) is 0 Å². The summed E-state index contributed by atoms with van der Waals surface area (Å²) >= 11 is 0. The molecule has 1 atom stereocenters. The number of rotatable bonds is 4. The summed E-state index contributed by atoms with van der Waals surface area (Å²) in [5, 5.41) is 2.65. The number of likely N-dealkylation sites (N-methyl/N-ethyl adjacent to an activating group) is 1. The molecule has 1 heterocycles. The minimum Gasteiger partial charge on any atom is -0.493 e. The van der Waals surface area contributed by atoms with Crippen molar-refractivity contribution in [1.29, 1.82) is 0 Å². The fourth-order valence-electron chi connectivity index (χ4n) is 3.07. The van der Waals surface area contributed by atoms with Crippen LogP contribution in [0.5, 0.6) is 5.75 Å². The van der Waals surface area contributed by atoms with Crippen LogP contribution in [0.1, 0.15) is 22.8 Å². The molecule has 1 N–H and O–H groups in total. The lowest BCUT2D eigenvalue weighted by Gasteiger charge is -2.25. The summed E-state index contributed by atoms with van der Waals surface area (Å²) in [6.45, 7) is 2.35. The van der Waals surface area contributed by atoms with Gasteiger partial charge in [0.1, 0.15) is 11.8 Å². The maximum atomic E-state index is 13.2. The summed E-state index contributed by atoms with van der Waals surface area (Å²) in [5.41, 5.74) is 2.24. The van der Waals surface area contributed by atoms with Crippen molar-refractivity contribution >= 4 is 17.5 Å². The van der Waals surface area contributed by atoms with E-state index in [1.165, 1.54) is 0 Å². The van der Waals surface area contributed by atoms with Crippen LogP contribution in [0.4, 0.5) is 5.69 Å². The van der Waals surface area contributed by atoms with Crippen LogP contribution in [0, 0.1) is 0 Å². The number of hydrogen-bond donors (Lipinski definition) is 1. The minimum atomic E-state index is -0.547. The van der Waals surface area contributed by atoms with Gasteiger partial charge >= 0.3 is 0 Å². The maximum absolute atomic E-state index is 13.2. The van der Waals surface area contributed by atoms with Crippen molar-refractivity contribution in [1.82, 2.24) is 5.32 Å². The van der Waals surface area contributed by atoms with Gasteiger partial charge in [-0.1, -0.05) is 30.3 Å². The number of carbonyl (C=O) groups is 2. The highest BCUT2D eigenvalue weighted by Gasteiger charge is 2.38. The van der Waals surface area contributed by atoms with E-state index in [-0.39, 0.29) is 11.8 Å². The van der Waals surface area contributed by atoms with Gasteiger partial charge in [-0.3, -0.25) is 14.5 Å². The Morgan fingerprint density at radius 2 is 1.88 bits per heavy atom. The first-order valence-electron chi connectivity index (χ1n) is 8.02. The number of anilines is 1. The third kappa shape index (κ3) is 2.73. The lowest BCUT2D eigenvalue weighted by molar-refractivity contribution is -0.121. The second-order valence-electron chi connectivity index (χ2n) is 5.57. The van der Waals surface area contributed by atoms with Crippen molar-refractivity contribution in [2.75, 3.05) is 18.6 Å². The Bertz CT molecular complexity index is 773. The van der Waals surface area contributed by atoms with E-state index in [2.05, 4.69) is 5.32 Å². The SMILES string of the molecule is CCOc1ccccc1C(=O)N1c2ccccc2C[C@H]1C(=O)NC. The average molecular weight is 324 g/mol. The normalized spacial score (nSPS) is 15.8. The quantitative estimate of drug-likeness (QED) is 0.939. The van der Waals surface area contributed by atoms with Crippen LogP contribution in [-0.4, -0.2) is 31.5 Å². The van der Waals surface area contributed by atoms with E-state index in [0.717, 1.165) is 11.3 Å². The van der Waals surface area contributed by atoms with E-state index in [9.17, 15) is 9.59 Å². The van der Waals surface area contributed by atoms with Gasteiger partial charge in [-0.15, -0.1) is 0 Å². The highest BCUT2D eigenvalue weighted by atomic mass is 16.5. The van der Waals surface area contributed by atoms with Gasteiger partial charge in [0.2, 0.25) is 5.91 Å². The maximum Gasteiger partial charge on any atom is 0.262 e. The zero-order valence-electron chi connectivity index (χ0n) is 13.8. The molecule has 0 fully saturated rings. The Kier molecular flexibility index (Phi) is 4.51. The van der Waals surface area contributed by atoms with Gasteiger partial charge in [0.25, 0.3) is 5.91 Å². The van der Waals surface area contributed by atoms with E-state index in [4.69, 9.17) is 4.74 Å². The van der Waals surface area contributed by atoms with Crippen molar-refractivity contribution in [3.8, 4) is 5.75 Å². The summed E-state index contributed by atoms with van der Waals surface area (Å²) < 4.78 is 5.58. The van der Waals surface area contributed by atoms with E-state index in [1.54, 1.807) is 30.1 Å². The highest BCUT2D eigenvalue weighted by Crippen LogP contribution is 2.34. The number of benzene rings is 2. The van der Waals surface area contributed by atoms with Crippen LogP contribution in [0.25, 0.3) is 0 Å². The van der Waals surface area contributed by atoms with E-state index in [0.29, 0.717) is 24.3 Å². The van der Waals surface area contributed by atoms with Crippen molar-refractivity contribution in [2.24, 2.45) is 0 Å². The zero-order chi connectivity index (χ0) is 17.1. The van der Waals surface area contributed by atoms with E-state index < -0.39 is 6.04 Å². The molecule has 1 aliphatic rings. The van der Waals surface area contributed by atoms with Crippen LogP contribution >= 0.6 is 0 Å². The number of carbonyl (C=O) groups excluding carboxylic acids is 2.